The van der Waals surface area contributed by atoms with E-state index in [1.165, 1.54) is 86.5 Å². The first-order chi connectivity index (χ1) is 31.2. The second kappa shape index (κ2) is 15.5. The number of thiophene rings is 1. The molecule has 0 saturated heterocycles. The number of aromatic nitrogens is 1. The molecule has 12 rings (SSSR count). The molecule has 0 bridgehead atoms. The first-order valence-corrected chi connectivity index (χ1v) is 22.3. The summed E-state index contributed by atoms with van der Waals surface area (Å²) in [6.07, 6.45) is 0. The summed E-state index contributed by atoms with van der Waals surface area (Å²) in [6, 6.07) is 88.3. The number of hydrogen-bond acceptors (Lipinski definition) is 2. The second-order valence-corrected chi connectivity index (χ2v) is 17.2. The summed E-state index contributed by atoms with van der Waals surface area (Å²) in [5.74, 6) is 0. The van der Waals surface area contributed by atoms with Gasteiger partial charge in [-0.3, -0.25) is 0 Å². The van der Waals surface area contributed by atoms with Crippen molar-refractivity contribution in [3.63, 3.8) is 0 Å². The number of hydrogen-bond donors (Lipinski definition) is 0. The van der Waals surface area contributed by atoms with Gasteiger partial charge in [0.15, 0.2) is 0 Å². The molecule has 296 valence electrons. The van der Waals surface area contributed by atoms with Crippen LogP contribution in [0.1, 0.15) is 0 Å². The van der Waals surface area contributed by atoms with Crippen molar-refractivity contribution in [2.75, 3.05) is 4.90 Å². The van der Waals surface area contributed by atoms with Gasteiger partial charge in [-0.15, -0.1) is 11.3 Å². The normalized spacial score (nSPS) is 11.5. The molecule has 0 aliphatic heterocycles. The summed E-state index contributed by atoms with van der Waals surface area (Å²) < 4.78 is 5.01. The Kier molecular flexibility index (Phi) is 9.06. The van der Waals surface area contributed by atoms with Crippen LogP contribution >= 0.6 is 11.3 Å². The molecule has 63 heavy (non-hydrogen) atoms. The van der Waals surface area contributed by atoms with Crippen molar-refractivity contribution < 1.29 is 0 Å². The van der Waals surface area contributed by atoms with Crippen molar-refractivity contribution in [2.24, 2.45) is 0 Å². The highest BCUT2D eigenvalue weighted by Gasteiger charge is 2.19. The summed E-state index contributed by atoms with van der Waals surface area (Å²) in [5.41, 5.74) is 16.5. The van der Waals surface area contributed by atoms with Crippen molar-refractivity contribution in [1.82, 2.24) is 4.57 Å². The zero-order valence-corrected chi connectivity index (χ0v) is 35.2. The molecule has 3 heteroatoms. The molecule has 0 aliphatic carbocycles. The topological polar surface area (TPSA) is 8.17 Å². The second-order valence-electron chi connectivity index (χ2n) is 16.1. The summed E-state index contributed by atoms with van der Waals surface area (Å²) in [5, 5.41) is 5.12. The van der Waals surface area contributed by atoms with E-state index < -0.39 is 0 Å². The lowest BCUT2D eigenvalue weighted by molar-refractivity contribution is 1.18. The molecule has 2 aromatic heterocycles. The van der Waals surface area contributed by atoms with Crippen molar-refractivity contribution in [2.45, 2.75) is 0 Å². The zero-order valence-electron chi connectivity index (χ0n) is 34.4. The van der Waals surface area contributed by atoms with Crippen LogP contribution in [-0.4, -0.2) is 4.57 Å². The predicted molar refractivity (Wildman–Crippen MR) is 270 cm³/mol. The van der Waals surface area contributed by atoms with Gasteiger partial charge in [-0.25, -0.2) is 0 Å². The zero-order chi connectivity index (χ0) is 41.7. The molecule has 0 N–H and O–H groups in total. The summed E-state index contributed by atoms with van der Waals surface area (Å²) in [6.45, 7) is 0. The molecule has 0 radical (unpaired) electrons. The highest BCUT2D eigenvalue weighted by Crippen LogP contribution is 2.43. The van der Waals surface area contributed by atoms with Crippen LogP contribution in [0, 0.1) is 0 Å². The fourth-order valence-corrected chi connectivity index (χ4v) is 10.6. The van der Waals surface area contributed by atoms with Gasteiger partial charge in [-0.2, -0.15) is 0 Å². The lowest BCUT2D eigenvalue weighted by Gasteiger charge is -2.26. The standard InChI is InChI=1S/C60H40N2S/c1-2-14-41(15-3-1)42-26-28-43(29-27-42)44-30-34-46(35-31-44)61(48-38-39-55-54-21-9-13-25-59(54)63-60(55)40-48)47-36-32-45(33-37-47)49-16-4-5-17-50(49)51-18-6-10-22-56(51)62-57-23-11-7-19-52(57)53-20-8-12-24-58(53)62/h1-40H. The predicted octanol–water partition coefficient (Wildman–Crippen LogP) is 17.3. The fraction of sp³-hybridized carbons (Fsp3) is 0. The molecule has 12 aromatic rings. The minimum atomic E-state index is 1.10. The maximum Gasteiger partial charge on any atom is 0.0541 e. The number of rotatable bonds is 8. The highest BCUT2D eigenvalue weighted by atomic mass is 32.1. The van der Waals surface area contributed by atoms with E-state index in [9.17, 15) is 0 Å². The molecular weight excluding hydrogens is 781 g/mol. The maximum atomic E-state index is 2.43. The Morgan fingerprint density at radius 3 is 1.38 bits per heavy atom. The van der Waals surface area contributed by atoms with Gasteiger partial charge in [-0.05, 0) is 99.6 Å². The summed E-state index contributed by atoms with van der Waals surface area (Å²) in [4.78, 5) is 2.39. The molecule has 10 aromatic carbocycles. The Morgan fingerprint density at radius 1 is 0.286 bits per heavy atom. The van der Waals surface area contributed by atoms with Crippen LogP contribution in [0.4, 0.5) is 17.1 Å². The van der Waals surface area contributed by atoms with Crippen molar-refractivity contribution in [3.8, 4) is 50.2 Å². The van der Waals surface area contributed by atoms with Crippen LogP contribution in [0.25, 0.3) is 92.2 Å². The quantitative estimate of drug-likeness (QED) is 0.148. The van der Waals surface area contributed by atoms with E-state index >= 15 is 0 Å². The van der Waals surface area contributed by atoms with Crippen molar-refractivity contribution in [3.05, 3.63) is 243 Å². The molecule has 0 atom stereocenters. The van der Waals surface area contributed by atoms with Gasteiger partial charge >= 0.3 is 0 Å². The number of benzene rings is 10. The molecule has 0 saturated carbocycles. The smallest absolute Gasteiger partial charge is 0.0541 e. The Hall–Kier alpha value is -7.98. The van der Waals surface area contributed by atoms with Crippen LogP contribution in [0.5, 0.6) is 0 Å². The van der Waals surface area contributed by atoms with E-state index in [-0.39, 0.29) is 0 Å². The highest BCUT2D eigenvalue weighted by molar-refractivity contribution is 7.25. The van der Waals surface area contributed by atoms with Crippen molar-refractivity contribution in [1.29, 1.82) is 0 Å². The summed E-state index contributed by atoms with van der Waals surface area (Å²) in [7, 11) is 0. The average Bonchev–Trinajstić information content (AvgIpc) is 3.90. The van der Waals surface area contributed by atoms with Gasteiger partial charge in [0.05, 0.1) is 16.7 Å². The third-order valence-corrected chi connectivity index (χ3v) is 13.6. The monoisotopic (exact) mass is 820 g/mol. The van der Waals surface area contributed by atoms with Gasteiger partial charge in [0.25, 0.3) is 0 Å². The van der Waals surface area contributed by atoms with Crippen LogP contribution in [0.15, 0.2) is 243 Å². The van der Waals surface area contributed by atoms with Gasteiger partial charge in [0, 0.05) is 53.6 Å². The first kappa shape index (κ1) is 36.8. The van der Waals surface area contributed by atoms with E-state index in [0.717, 1.165) is 22.7 Å². The van der Waals surface area contributed by atoms with E-state index in [0.29, 0.717) is 0 Å². The van der Waals surface area contributed by atoms with Crippen LogP contribution < -0.4 is 4.90 Å². The third kappa shape index (κ3) is 6.50. The first-order valence-electron chi connectivity index (χ1n) is 21.5. The molecule has 2 nitrogen and oxygen atoms in total. The Bertz CT molecular complexity index is 3550. The molecule has 0 spiro atoms. The summed E-state index contributed by atoms with van der Waals surface area (Å²) >= 11 is 1.85. The lowest BCUT2D eigenvalue weighted by Crippen LogP contribution is -2.09. The SMILES string of the molecule is c1ccc(-c2ccc(-c3ccc(N(c4ccc(-c5ccccc5-c5ccccc5-n5c6ccccc6c6ccccc65)cc4)c4ccc5c(c4)sc4ccccc45)cc3)cc2)cc1. The van der Waals surface area contributed by atoms with E-state index in [4.69, 9.17) is 0 Å². The molecular formula is C60H40N2S. The molecule has 2 heterocycles. The van der Waals surface area contributed by atoms with E-state index in [2.05, 4.69) is 252 Å². The molecule has 0 fully saturated rings. The van der Waals surface area contributed by atoms with Gasteiger partial charge < -0.3 is 9.47 Å². The van der Waals surface area contributed by atoms with Gasteiger partial charge in [-0.1, -0.05) is 182 Å². The minimum absolute atomic E-state index is 1.10. The van der Waals surface area contributed by atoms with Gasteiger partial charge in [0.1, 0.15) is 0 Å². The van der Waals surface area contributed by atoms with E-state index in [1.54, 1.807) is 0 Å². The van der Waals surface area contributed by atoms with E-state index in [1.807, 2.05) is 11.3 Å². The Labute approximate surface area is 370 Å². The number of anilines is 3. The maximum absolute atomic E-state index is 2.43. The Balaban J connectivity index is 0.939. The number of para-hydroxylation sites is 3. The minimum Gasteiger partial charge on any atom is -0.310 e. The average molecular weight is 821 g/mol. The molecule has 0 unspecified atom stereocenters. The van der Waals surface area contributed by atoms with Crippen molar-refractivity contribution >= 4 is 70.4 Å². The molecule has 0 amide bonds. The lowest BCUT2D eigenvalue weighted by atomic mass is 9.93. The largest absolute Gasteiger partial charge is 0.310 e. The number of nitrogens with zero attached hydrogens (tertiary/aromatic N) is 2. The molecule has 0 aliphatic rings. The number of fused-ring (bicyclic) bond motifs is 6. The van der Waals surface area contributed by atoms with Crippen LogP contribution in [0.3, 0.4) is 0 Å². The van der Waals surface area contributed by atoms with Gasteiger partial charge in [0.2, 0.25) is 0 Å². The Morgan fingerprint density at radius 2 is 0.730 bits per heavy atom. The fourth-order valence-electron chi connectivity index (χ4n) is 9.43. The third-order valence-electron chi connectivity index (χ3n) is 12.5. The van der Waals surface area contributed by atoms with Crippen LogP contribution in [0.2, 0.25) is 0 Å². The van der Waals surface area contributed by atoms with Crippen LogP contribution in [-0.2, 0) is 0 Å².